The highest BCUT2D eigenvalue weighted by Crippen LogP contribution is 2.28. The molecule has 6 nitrogen and oxygen atoms in total. The summed E-state index contributed by atoms with van der Waals surface area (Å²) in [7, 11) is 0. The molecule has 1 aromatic heterocycles. The zero-order chi connectivity index (χ0) is 18.7. The van der Waals surface area contributed by atoms with Crippen molar-refractivity contribution in [2.45, 2.75) is 17.9 Å². The van der Waals surface area contributed by atoms with Crippen LogP contribution in [0.1, 0.15) is 6.92 Å². The summed E-state index contributed by atoms with van der Waals surface area (Å²) in [6, 6.07) is 8.70. The van der Waals surface area contributed by atoms with Crippen molar-refractivity contribution in [3.05, 3.63) is 42.3 Å². The summed E-state index contributed by atoms with van der Waals surface area (Å²) in [6.07, 6.45) is 2.35. The molecule has 136 valence electrons. The lowest BCUT2D eigenvalue weighted by molar-refractivity contribution is -0.119. The Bertz CT molecular complexity index is 829. The lowest BCUT2D eigenvalue weighted by Gasteiger charge is -2.14. The number of benzene rings is 1. The first-order valence-corrected chi connectivity index (χ1v) is 9.23. The van der Waals surface area contributed by atoms with Gasteiger partial charge < -0.3 is 10.1 Å². The number of thioether (sulfide) groups is 1. The average molecular weight is 375 g/mol. The first-order valence-electron chi connectivity index (χ1n) is 8.00. The second-order valence-corrected chi connectivity index (χ2v) is 6.69. The summed E-state index contributed by atoms with van der Waals surface area (Å²) in [5.74, 6) is -0.721. The van der Waals surface area contributed by atoms with Crippen LogP contribution in [0.25, 0.3) is 11.3 Å². The number of pyridine rings is 1. The van der Waals surface area contributed by atoms with Gasteiger partial charge in [-0.05, 0) is 18.4 Å². The van der Waals surface area contributed by atoms with E-state index >= 15 is 0 Å². The van der Waals surface area contributed by atoms with Gasteiger partial charge in [0.1, 0.15) is 11.8 Å². The number of anilines is 1. The van der Waals surface area contributed by atoms with Crippen LogP contribution in [0.3, 0.4) is 0 Å². The summed E-state index contributed by atoms with van der Waals surface area (Å²) < 4.78 is 19.7. The van der Waals surface area contributed by atoms with E-state index in [0.29, 0.717) is 11.3 Å². The van der Waals surface area contributed by atoms with Crippen molar-refractivity contribution in [1.82, 2.24) is 10.3 Å². The molecule has 1 aliphatic rings. The predicted molar refractivity (Wildman–Crippen MR) is 97.7 cm³/mol. The number of carbonyl (C=O) groups excluding carboxylic acids is 2. The molecule has 2 amide bonds. The van der Waals surface area contributed by atoms with Gasteiger partial charge in [0.2, 0.25) is 5.91 Å². The molecule has 1 aliphatic heterocycles. The average Bonchev–Trinajstić information content (AvgIpc) is 3.01. The van der Waals surface area contributed by atoms with Gasteiger partial charge in [0.25, 0.3) is 0 Å². The number of aromatic nitrogens is 1. The zero-order valence-corrected chi connectivity index (χ0v) is 15.2. The summed E-state index contributed by atoms with van der Waals surface area (Å²) in [4.78, 5) is 29.5. The molecule has 1 fully saturated rings. The molecule has 26 heavy (non-hydrogen) atoms. The second kappa shape index (κ2) is 7.74. The molecular formula is C18H18FN3O3S. The minimum Gasteiger partial charge on any atom is -0.442 e. The van der Waals surface area contributed by atoms with Crippen LogP contribution in [0.15, 0.2) is 41.4 Å². The van der Waals surface area contributed by atoms with Crippen LogP contribution in [0.2, 0.25) is 0 Å². The van der Waals surface area contributed by atoms with Gasteiger partial charge in [0.15, 0.2) is 5.82 Å². The number of hydrogen-bond donors (Lipinski definition) is 1. The maximum absolute atomic E-state index is 14.5. The molecule has 3 rings (SSSR count). The van der Waals surface area contributed by atoms with E-state index in [9.17, 15) is 14.0 Å². The van der Waals surface area contributed by atoms with Crippen LogP contribution in [-0.2, 0) is 9.53 Å². The van der Waals surface area contributed by atoms with Gasteiger partial charge in [-0.1, -0.05) is 12.1 Å². The van der Waals surface area contributed by atoms with Crippen LogP contribution >= 0.6 is 11.8 Å². The fourth-order valence-corrected chi connectivity index (χ4v) is 3.04. The number of halogens is 1. The molecule has 2 heterocycles. The Hall–Kier alpha value is -2.61. The van der Waals surface area contributed by atoms with Crippen molar-refractivity contribution < 1.29 is 18.7 Å². The Labute approximate surface area is 154 Å². The molecule has 0 bridgehead atoms. The third-order valence-corrected chi connectivity index (χ3v) is 4.70. The fourth-order valence-electron chi connectivity index (χ4n) is 2.63. The third kappa shape index (κ3) is 3.96. The SMILES string of the molecule is CSc1ccc(-c2ncc(N3CC(CNC(C)=O)OC3=O)cc2F)cc1. The van der Waals surface area contributed by atoms with Gasteiger partial charge >= 0.3 is 6.09 Å². The molecule has 2 aromatic rings. The Morgan fingerprint density at radius 1 is 1.42 bits per heavy atom. The van der Waals surface area contributed by atoms with Crippen molar-refractivity contribution >= 4 is 29.4 Å². The highest BCUT2D eigenvalue weighted by atomic mass is 32.2. The summed E-state index contributed by atoms with van der Waals surface area (Å²) in [5.41, 5.74) is 1.21. The third-order valence-electron chi connectivity index (χ3n) is 3.95. The van der Waals surface area contributed by atoms with E-state index in [0.717, 1.165) is 4.90 Å². The van der Waals surface area contributed by atoms with Crippen molar-refractivity contribution in [3.63, 3.8) is 0 Å². The molecule has 0 saturated carbocycles. The van der Waals surface area contributed by atoms with Gasteiger partial charge in [-0.15, -0.1) is 11.8 Å². The summed E-state index contributed by atoms with van der Waals surface area (Å²) in [5, 5.41) is 2.60. The molecule has 0 aliphatic carbocycles. The van der Waals surface area contributed by atoms with Crippen LogP contribution in [0, 0.1) is 5.82 Å². The van der Waals surface area contributed by atoms with E-state index < -0.39 is 18.0 Å². The largest absolute Gasteiger partial charge is 0.442 e. The predicted octanol–water partition coefficient (Wildman–Crippen LogP) is 3.07. The molecule has 1 saturated heterocycles. The van der Waals surface area contributed by atoms with Crippen LogP contribution in [-0.4, -0.2) is 42.4 Å². The van der Waals surface area contributed by atoms with Crippen LogP contribution in [0.4, 0.5) is 14.9 Å². The number of rotatable bonds is 5. The number of ether oxygens (including phenoxy) is 1. The Kier molecular flexibility index (Phi) is 5.41. The van der Waals surface area contributed by atoms with Crippen molar-refractivity contribution in [3.8, 4) is 11.3 Å². The lowest BCUT2D eigenvalue weighted by atomic mass is 10.1. The van der Waals surface area contributed by atoms with Gasteiger partial charge in [0, 0.05) is 23.4 Å². The molecular weight excluding hydrogens is 357 g/mol. The molecule has 0 radical (unpaired) electrons. The lowest BCUT2D eigenvalue weighted by Crippen LogP contribution is -2.33. The van der Waals surface area contributed by atoms with E-state index in [2.05, 4.69) is 10.3 Å². The molecule has 1 N–H and O–H groups in total. The topological polar surface area (TPSA) is 71.5 Å². The molecule has 8 heteroatoms. The van der Waals surface area contributed by atoms with E-state index in [1.165, 1.54) is 24.1 Å². The molecule has 1 aromatic carbocycles. The Morgan fingerprint density at radius 2 is 2.15 bits per heavy atom. The first kappa shape index (κ1) is 18.2. The standard InChI is InChI=1S/C18H18FN3O3S/c1-11(23)20-9-14-10-22(18(24)25-14)13-7-16(19)17(21-8-13)12-3-5-15(26-2)6-4-12/h3-8,14H,9-10H2,1-2H3,(H,20,23). The van der Waals surface area contributed by atoms with Crippen molar-refractivity contribution in [1.29, 1.82) is 0 Å². The highest BCUT2D eigenvalue weighted by molar-refractivity contribution is 7.98. The molecule has 1 atom stereocenters. The number of amides is 2. The van der Waals surface area contributed by atoms with Crippen molar-refractivity contribution in [2.75, 3.05) is 24.2 Å². The van der Waals surface area contributed by atoms with E-state index in [-0.39, 0.29) is 24.7 Å². The second-order valence-electron chi connectivity index (χ2n) is 5.81. The Balaban J connectivity index is 1.76. The quantitative estimate of drug-likeness (QED) is 0.814. The van der Waals surface area contributed by atoms with Gasteiger partial charge in [-0.2, -0.15) is 0 Å². The highest BCUT2D eigenvalue weighted by Gasteiger charge is 2.33. The van der Waals surface area contributed by atoms with Crippen LogP contribution in [0.5, 0.6) is 0 Å². The Morgan fingerprint density at radius 3 is 2.77 bits per heavy atom. The molecule has 1 unspecified atom stereocenters. The fraction of sp³-hybridized carbons (Fsp3) is 0.278. The number of nitrogens with one attached hydrogen (secondary N) is 1. The van der Waals surface area contributed by atoms with Gasteiger partial charge in [0.05, 0.1) is 25.0 Å². The first-order chi connectivity index (χ1) is 12.5. The van der Waals surface area contributed by atoms with Crippen molar-refractivity contribution in [2.24, 2.45) is 0 Å². The number of cyclic esters (lactones) is 1. The normalized spacial score (nSPS) is 16.5. The van der Waals surface area contributed by atoms with E-state index in [4.69, 9.17) is 4.74 Å². The number of hydrogen-bond acceptors (Lipinski definition) is 5. The van der Waals surface area contributed by atoms with E-state index in [1.807, 2.05) is 30.5 Å². The maximum Gasteiger partial charge on any atom is 0.414 e. The zero-order valence-electron chi connectivity index (χ0n) is 14.4. The monoisotopic (exact) mass is 375 g/mol. The van der Waals surface area contributed by atoms with Gasteiger partial charge in [-0.25, -0.2) is 9.18 Å². The maximum atomic E-state index is 14.5. The summed E-state index contributed by atoms with van der Waals surface area (Å²) in [6.45, 7) is 1.83. The minimum absolute atomic E-state index is 0.205. The number of carbonyl (C=O) groups is 2. The van der Waals surface area contributed by atoms with E-state index in [1.54, 1.807) is 11.8 Å². The minimum atomic E-state index is -0.585. The van der Waals surface area contributed by atoms with Gasteiger partial charge in [-0.3, -0.25) is 14.7 Å². The molecule has 0 spiro atoms. The van der Waals surface area contributed by atoms with Crippen LogP contribution < -0.4 is 10.2 Å². The summed E-state index contributed by atoms with van der Waals surface area (Å²) >= 11 is 1.60. The smallest absolute Gasteiger partial charge is 0.414 e. The number of nitrogens with zero attached hydrogens (tertiary/aromatic N) is 2.